The minimum absolute atomic E-state index is 0.0942. The second kappa shape index (κ2) is 9.48. The van der Waals surface area contributed by atoms with E-state index in [2.05, 4.69) is 32.7 Å². The molecule has 0 bridgehead atoms. The molecule has 3 rings (SSSR count). The average molecular weight is 373 g/mol. The predicted octanol–water partition coefficient (Wildman–Crippen LogP) is 1.24. The Hall–Kier alpha value is -2.45. The van der Waals surface area contributed by atoms with E-state index < -0.39 is 0 Å². The zero-order chi connectivity index (χ0) is 19.1. The Bertz CT molecular complexity index is 731. The van der Waals surface area contributed by atoms with E-state index in [4.69, 9.17) is 9.84 Å². The Morgan fingerprint density at radius 1 is 1.37 bits per heavy atom. The van der Waals surface area contributed by atoms with Crippen LogP contribution >= 0.6 is 0 Å². The molecule has 2 N–H and O–H groups in total. The highest BCUT2D eigenvalue weighted by Crippen LogP contribution is 2.23. The third-order valence-corrected chi connectivity index (χ3v) is 4.64. The molecule has 1 amide bonds. The molecule has 146 valence electrons. The molecule has 1 aromatic heterocycles. The molecule has 2 aromatic rings. The number of piperidine rings is 1. The van der Waals surface area contributed by atoms with Crippen molar-refractivity contribution in [3.8, 4) is 5.75 Å². The van der Waals surface area contributed by atoms with Crippen LogP contribution in [0.2, 0.25) is 0 Å². The number of aliphatic hydroxyl groups is 1. The molecule has 0 radical (unpaired) electrons. The fourth-order valence-electron chi connectivity index (χ4n) is 3.33. The summed E-state index contributed by atoms with van der Waals surface area (Å²) in [6.45, 7) is 5.56. The van der Waals surface area contributed by atoms with Gasteiger partial charge in [0.05, 0.1) is 25.5 Å². The summed E-state index contributed by atoms with van der Waals surface area (Å²) in [7, 11) is 0. The summed E-state index contributed by atoms with van der Waals surface area (Å²) < 4.78 is 7.28. The second-order valence-electron chi connectivity index (χ2n) is 6.67. The quantitative estimate of drug-likeness (QED) is 0.723. The Morgan fingerprint density at radius 2 is 2.19 bits per heavy atom. The van der Waals surface area contributed by atoms with Gasteiger partial charge in [0.2, 0.25) is 0 Å². The van der Waals surface area contributed by atoms with E-state index in [0.29, 0.717) is 6.61 Å². The maximum atomic E-state index is 11.9. The normalized spacial score (nSPS) is 17.6. The number of aliphatic hydroxyl groups excluding tert-OH is 1. The van der Waals surface area contributed by atoms with E-state index >= 15 is 0 Å². The first-order valence-electron chi connectivity index (χ1n) is 9.44. The van der Waals surface area contributed by atoms with Gasteiger partial charge in [-0.3, -0.25) is 9.69 Å². The van der Waals surface area contributed by atoms with Gasteiger partial charge >= 0.3 is 0 Å². The summed E-state index contributed by atoms with van der Waals surface area (Å²) in [6.07, 6.45) is 3.78. The van der Waals surface area contributed by atoms with Crippen LogP contribution in [0.1, 0.15) is 41.9 Å². The van der Waals surface area contributed by atoms with Gasteiger partial charge in [0.1, 0.15) is 5.75 Å². The molecule has 0 saturated carbocycles. The summed E-state index contributed by atoms with van der Waals surface area (Å²) in [5.74, 6) is 0.588. The van der Waals surface area contributed by atoms with Crippen molar-refractivity contribution in [1.82, 2.24) is 25.2 Å². The standard InChI is InChI=1S/C19H27N5O3/c1-2-27-17-7-5-15(6-8-17)12-23-10-3-4-16(13-23)24-14-18(21-22-24)19(26)20-9-11-25/h5-8,14,16,25H,2-4,9-13H2,1H3,(H,20,26)/t16-/m0/s1. The van der Waals surface area contributed by atoms with Gasteiger partial charge in [0.15, 0.2) is 5.69 Å². The van der Waals surface area contributed by atoms with Crippen molar-refractivity contribution in [3.63, 3.8) is 0 Å². The molecular formula is C19H27N5O3. The molecule has 1 aliphatic heterocycles. The highest BCUT2D eigenvalue weighted by Gasteiger charge is 2.23. The molecule has 0 aliphatic carbocycles. The number of nitrogens with zero attached hydrogens (tertiary/aromatic N) is 4. The molecule has 0 spiro atoms. The van der Waals surface area contributed by atoms with Crippen molar-refractivity contribution in [2.45, 2.75) is 32.4 Å². The number of benzene rings is 1. The lowest BCUT2D eigenvalue weighted by molar-refractivity contribution is 0.0939. The van der Waals surface area contributed by atoms with Gasteiger partial charge in [-0.05, 0) is 44.0 Å². The third-order valence-electron chi connectivity index (χ3n) is 4.64. The fraction of sp³-hybridized carbons (Fsp3) is 0.526. The van der Waals surface area contributed by atoms with Crippen molar-refractivity contribution < 1.29 is 14.6 Å². The van der Waals surface area contributed by atoms with E-state index in [1.54, 1.807) is 10.9 Å². The van der Waals surface area contributed by atoms with E-state index in [1.165, 1.54) is 5.56 Å². The third kappa shape index (κ3) is 5.27. The lowest BCUT2D eigenvalue weighted by Gasteiger charge is -2.32. The van der Waals surface area contributed by atoms with Crippen molar-refractivity contribution in [3.05, 3.63) is 41.7 Å². The Kier molecular flexibility index (Phi) is 6.78. The highest BCUT2D eigenvalue weighted by molar-refractivity contribution is 5.91. The summed E-state index contributed by atoms with van der Waals surface area (Å²) in [4.78, 5) is 14.3. The molecule has 1 aliphatic rings. The monoisotopic (exact) mass is 373 g/mol. The lowest BCUT2D eigenvalue weighted by Crippen LogP contribution is -2.36. The van der Waals surface area contributed by atoms with E-state index in [9.17, 15) is 4.79 Å². The van der Waals surface area contributed by atoms with Crippen LogP contribution in [-0.2, 0) is 6.54 Å². The van der Waals surface area contributed by atoms with Gasteiger partial charge in [-0.15, -0.1) is 5.10 Å². The van der Waals surface area contributed by atoms with Gasteiger partial charge in [-0.2, -0.15) is 0 Å². The van der Waals surface area contributed by atoms with Crippen molar-refractivity contribution >= 4 is 5.91 Å². The van der Waals surface area contributed by atoms with Crippen molar-refractivity contribution in [1.29, 1.82) is 0 Å². The van der Waals surface area contributed by atoms with Crippen molar-refractivity contribution in [2.75, 3.05) is 32.8 Å². The van der Waals surface area contributed by atoms with Crippen LogP contribution in [0.15, 0.2) is 30.5 Å². The molecule has 27 heavy (non-hydrogen) atoms. The topological polar surface area (TPSA) is 92.5 Å². The minimum atomic E-state index is -0.308. The number of aromatic nitrogens is 3. The SMILES string of the molecule is CCOc1ccc(CN2CCC[C@H](n3cc(C(=O)NCCO)nn3)C2)cc1. The minimum Gasteiger partial charge on any atom is -0.494 e. The zero-order valence-electron chi connectivity index (χ0n) is 15.7. The van der Waals surface area contributed by atoms with Gasteiger partial charge in [0.25, 0.3) is 5.91 Å². The van der Waals surface area contributed by atoms with Crippen LogP contribution in [0, 0.1) is 0 Å². The predicted molar refractivity (Wildman–Crippen MR) is 101 cm³/mol. The molecular weight excluding hydrogens is 346 g/mol. The maximum Gasteiger partial charge on any atom is 0.273 e. The molecule has 8 nitrogen and oxygen atoms in total. The van der Waals surface area contributed by atoms with Gasteiger partial charge in [-0.25, -0.2) is 4.68 Å². The van der Waals surface area contributed by atoms with Crippen LogP contribution in [0.25, 0.3) is 0 Å². The Labute approximate surface area is 159 Å². The van der Waals surface area contributed by atoms with E-state index in [-0.39, 0.29) is 30.8 Å². The number of carbonyl (C=O) groups excluding carboxylic acids is 1. The second-order valence-corrected chi connectivity index (χ2v) is 6.67. The summed E-state index contributed by atoms with van der Waals surface area (Å²) in [6, 6.07) is 8.43. The van der Waals surface area contributed by atoms with Gasteiger partial charge in [0, 0.05) is 19.6 Å². The average Bonchev–Trinajstić information content (AvgIpc) is 3.18. The summed E-state index contributed by atoms with van der Waals surface area (Å²) in [5, 5.41) is 19.5. The van der Waals surface area contributed by atoms with Crippen LogP contribution in [-0.4, -0.2) is 63.8 Å². The smallest absolute Gasteiger partial charge is 0.273 e. The van der Waals surface area contributed by atoms with Gasteiger partial charge < -0.3 is 15.2 Å². The van der Waals surface area contributed by atoms with Crippen LogP contribution in [0.4, 0.5) is 0 Å². The van der Waals surface area contributed by atoms with E-state index in [0.717, 1.165) is 38.2 Å². The number of carbonyl (C=O) groups is 1. The molecule has 0 unspecified atom stereocenters. The Morgan fingerprint density at radius 3 is 2.93 bits per heavy atom. The summed E-state index contributed by atoms with van der Waals surface area (Å²) >= 11 is 0. The van der Waals surface area contributed by atoms with Crippen LogP contribution < -0.4 is 10.1 Å². The van der Waals surface area contributed by atoms with Gasteiger partial charge in [-0.1, -0.05) is 17.3 Å². The maximum absolute atomic E-state index is 11.9. The number of hydrogen-bond acceptors (Lipinski definition) is 6. The number of hydrogen-bond donors (Lipinski definition) is 2. The van der Waals surface area contributed by atoms with Crippen molar-refractivity contribution in [2.24, 2.45) is 0 Å². The summed E-state index contributed by atoms with van der Waals surface area (Å²) in [5.41, 5.74) is 1.54. The number of likely N-dealkylation sites (tertiary alicyclic amines) is 1. The highest BCUT2D eigenvalue weighted by atomic mass is 16.5. The van der Waals surface area contributed by atoms with Crippen LogP contribution in [0.5, 0.6) is 5.75 Å². The molecule has 1 fully saturated rings. The lowest BCUT2D eigenvalue weighted by atomic mass is 10.0. The number of amides is 1. The number of ether oxygens (including phenoxy) is 1. The first kappa shape index (κ1) is 19.3. The zero-order valence-corrected chi connectivity index (χ0v) is 15.7. The molecule has 2 heterocycles. The number of rotatable bonds is 8. The Balaban J connectivity index is 1.57. The fourth-order valence-corrected chi connectivity index (χ4v) is 3.33. The van der Waals surface area contributed by atoms with Crippen LogP contribution in [0.3, 0.4) is 0 Å². The molecule has 1 saturated heterocycles. The largest absolute Gasteiger partial charge is 0.494 e. The van der Waals surface area contributed by atoms with E-state index in [1.807, 2.05) is 19.1 Å². The molecule has 1 atom stereocenters. The number of nitrogens with one attached hydrogen (secondary N) is 1. The first-order valence-corrected chi connectivity index (χ1v) is 9.44. The first-order chi connectivity index (χ1) is 13.2. The molecule has 8 heteroatoms. The molecule has 1 aromatic carbocycles.